The second-order valence-corrected chi connectivity index (χ2v) is 13.2. The first kappa shape index (κ1) is 47.8. The largest absolute Gasteiger partial charge is 0.264 e. The third-order valence-corrected chi connectivity index (χ3v) is 6.74. The van der Waals surface area contributed by atoms with Gasteiger partial charge in [0, 0.05) is 71.3 Å². The lowest BCUT2D eigenvalue weighted by molar-refractivity contribution is 0.966. The molecule has 11 nitrogen and oxygen atoms in total. The van der Waals surface area contributed by atoms with Gasteiger partial charge in [-0.1, -0.05) is 12.1 Å². The molecule has 0 fully saturated rings. The van der Waals surface area contributed by atoms with Gasteiger partial charge in [0.25, 0.3) is 0 Å². The summed E-state index contributed by atoms with van der Waals surface area (Å²) in [5.74, 6) is 0.838. The Kier molecular flexibility index (Phi) is 23.4. The standard InChI is InChI=1S/3C7H9N.4C6H8N2/c1-6-3-7(2)5-8-4-6;1-6-3-4-8-7(2)5-6;1-6-4-3-5-7(2)8-6;1-5-3-7-4-6(2)8-5;1-5-3-6(2)8-4-7-5;1-5-3-6(2)8-7-4-5;1-5-3-4-7-6(2)8-5/h3*3-5H,1-2H3;4*3-4H,1-2H3. The summed E-state index contributed by atoms with van der Waals surface area (Å²) in [6.07, 6.45) is 14.1. The number of pyridine rings is 3. The molecule has 11 heteroatoms. The van der Waals surface area contributed by atoms with E-state index in [1.165, 1.54) is 16.7 Å². The molecule has 7 aromatic heterocycles. The van der Waals surface area contributed by atoms with Crippen LogP contribution in [0.3, 0.4) is 0 Å². The molecule has 0 radical (unpaired) electrons. The monoisotopic (exact) mass is 753 g/mol. The van der Waals surface area contributed by atoms with Crippen molar-refractivity contribution in [1.82, 2.24) is 55.1 Å². The lowest BCUT2D eigenvalue weighted by atomic mass is 10.2. The molecular weight excluding hydrogens is 695 g/mol. The van der Waals surface area contributed by atoms with Crippen molar-refractivity contribution in [3.05, 3.63) is 184 Å². The van der Waals surface area contributed by atoms with Crippen molar-refractivity contribution in [3.8, 4) is 0 Å². The van der Waals surface area contributed by atoms with Crippen LogP contribution < -0.4 is 0 Å². The highest BCUT2D eigenvalue weighted by Crippen LogP contribution is 1.98. The fourth-order valence-electron chi connectivity index (χ4n) is 4.43. The molecule has 7 rings (SSSR count). The van der Waals surface area contributed by atoms with Crippen LogP contribution in [-0.2, 0) is 0 Å². The molecule has 0 saturated heterocycles. The maximum atomic E-state index is 4.17. The Hall–Kier alpha value is -6.23. The predicted octanol–water partition coefficient (Wildman–Crippen LogP) is 9.47. The zero-order valence-corrected chi connectivity index (χ0v) is 35.7. The zero-order valence-electron chi connectivity index (χ0n) is 35.7. The maximum absolute atomic E-state index is 4.17. The topological polar surface area (TPSA) is 142 Å². The highest BCUT2D eigenvalue weighted by molar-refractivity contribution is 5.14. The average molecular weight is 754 g/mol. The van der Waals surface area contributed by atoms with Crippen molar-refractivity contribution in [2.24, 2.45) is 0 Å². The van der Waals surface area contributed by atoms with Gasteiger partial charge < -0.3 is 0 Å². The van der Waals surface area contributed by atoms with E-state index < -0.39 is 0 Å². The van der Waals surface area contributed by atoms with Crippen molar-refractivity contribution < 1.29 is 0 Å². The molecule has 0 aliphatic rings. The molecule has 0 amide bonds. The van der Waals surface area contributed by atoms with Gasteiger partial charge in [0.1, 0.15) is 12.2 Å². The fourth-order valence-corrected chi connectivity index (χ4v) is 4.43. The van der Waals surface area contributed by atoms with Gasteiger partial charge in [-0.25, -0.2) is 19.9 Å². The van der Waals surface area contributed by atoms with E-state index >= 15 is 0 Å². The van der Waals surface area contributed by atoms with Gasteiger partial charge in [-0.2, -0.15) is 10.2 Å². The van der Waals surface area contributed by atoms with E-state index in [1.807, 2.05) is 151 Å². The first-order chi connectivity index (χ1) is 26.5. The summed E-state index contributed by atoms with van der Waals surface area (Å²) in [7, 11) is 0. The molecule has 7 heterocycles. The number of hydrogen-bond acceptors (Lipinski definition) is 11. The molecule has 56 heavy (non-hydrogen) atoms. The van der Waals surface area contributed by atoms with Crippen molar-refractivity contribution in [2.75, 3.05) is 0 Å². The lowest BCUT2D eigenvalue weighted by Gasteiger charge is -1.90. The van der Waals surface area contributed by atoms with Crippen LogP contribution in [0, 0.1) is 96.9 Å². The number of aromatic nitrogens is 11. The second kappa shape index (κ2) is 27.4. The van der Waals surface area contributed by atoms with E-state index in [4.69, 9.17) is 0 Å². The molecule has 0 bridgehead atoms. The van der Waals surface area contributed by atoms with Crippen LogP contribution in [0.1, 0.15) is 79.3 Å². The molecule has 0 aliphatic carbocycles. The SMILES string of the molecule is Cc1cc(C)ncn1.Cc1cccc(C)n1.Cc1ccnc(C)c1.Cc1ccnc(C)n1.Cc1cncc(C)c1.Cc1cncc(C)n1.Cc1cnnc(C)c1. The Balaban J connectivity index is 0.000000327. The summed E-state index contributed by atoms with van der Waals surface area (Å²) in [4.78, 5) is 36.1. The Morgan fingerprint density at radius 1 is 0.339 bits per heavy atom. The molecule has 0 aromatic carbocycles. The normalized spacial score (nSPS) is 9.25. The van der Waals surface area contributed by atoms with E-state index in [0.29, 0.717) is 0 Å². The van der Waals surface area contributed by atoms with Crippen LogP contribution in [0.2, 0.25) is 0 Å². The Labute approximate surface area is 334 Å². The van der Waals surface area contributed by atoms with Crippen LogP contribution in [-0.4, -0.2) is 55.1 Å². The van der Waals surface area contributed by atoms with Crippen LogP contribution >= 0.6 is 0 Å². The first-order valence-corrected chi connectivity index (χ1v) is 18.2. The van der Waals surface area contributed by atoms with Gasteiger partial charge in [-0.15, -0.1) is 0 Å². The number of nitrogens with zero attached hydrogens (tertiary/aromatic N) is 11. The fraction of sp³-hybridized carbons (Fsp3) is 0.311. The van der Waals surface area contributed by atoms with Crippen LogP contribution in [0.4, 0.5) is 0 Å². The summed E-state index contributed by atoms with van der Waals surface area (Å²) in [6, 6.07) is 18.0. The van der Waals surface area contributed by atoms with Gasteiger partial charge in [0.15, 0.2) is 0 Å². The van der Waals surface area contributed by atoms with E-state index in [1.54, 1.807) is 31.1 Å². The lowest BCUT2D eigenvalue weighted by Crippen LogP contribution is -1.86. The quantitative estimate of drug-likeness (QED) is 0.146. The zero-order chi connectivity index (χ0) is 41.9. The average Bonchev–Trinajstić information content (AvgIpc) is 3.09. The molecule has 0 spiro atoms. The molecular formula is C45H59N11. The summed E-state index contributed by atoms with van der Waals surface area (Å²) >= 11 is 0. The van der Waals surface area contributed by atoms with Crippen molar-refractivity contribution in [1.29, 1.82) is 0 Å². The molecule has 0 atom stereocenters. The van der Waals surface area contributed by atoms with Gasteiger partial charge in [-0.05, 0) is 162 Å². The second-order valence-electron chi connectivity index (χ2n) is 13.2. The number of aryl methyl sites for hydroxylation is 14. The highest BCUT2D eigenvalue weighted by Gasteiger charge is 1.87. The van der Waals surface area contributed by atoms with E-state index in [2.05, 4.69) is 74.1 Å². The van der Waals surface area contributed by atoms with Gasteiger partial charge in [0.05, 0.1) is 23.3 Å². The van der Waals surface area contributed by atoms with Gasteiger partial charge in [-0.3, -0.25) is 24.9 Å². The summed E-state index contributed by atoms with van der Waals surface area (Å²) in [6.45, 7) is 27.7. The Morgan fingerprint density at radius 2 is 0.821 bits per heavy atom. The molecule has 0 aliphatic heterocycles. The van der Waals surface area contributed by atoms with E-state index in [-0.39, 0.29) is 0 Å². The minimum atomic E-state index is 0.838. The number of rotatable bonds is 0. The molecule has 0 saturated carbocycles. The Bertz CT molecular complexity index is 1590. The third kappa shape index (κ3) is 25.7. The van der Waals surface area contributed by atoms with Gasteiger partial charge >= 0.3 is 0 Å². The van der Waals surface area contributed by atoms with Crippen LogP contribution in [0.5, 0.6) is 0 Å². The summed E-state index contributed by atoms with van der Waals surface area (Å²) < 4.78 is 0. The van der Waals surface area contributed by atoms with E-state index in [0.717, 1.165) is 62.6 Å². The van der Waals surface area contributed by atoms with Crippen LogP contribution in [0.15, 0.2) is 104 Å². The predicted molar refractivity (Wildman–Crippen MR) is 227 cm³/mol. The first-order valence-electron chi connectivity index (χ1n) is 18.2. The smallest absolute Gasteiger partial charge is 0.125 e. The van der Waals surface area contributed by atoms with Crippen molar-refractivity contribution >= 4 is 0 Å². The Morgan fingerprint density at radius 3 is 1.12 bits per heavy atom. The van der Waals surface area contributed by atoms with Gasteiger partial charge in [0.2, 0.25) is 0 Å². The minimum absolute atomic E-state index is 0.838. The highest BCUT2D eigenvalue weighted by atomic mass is 15.1. The summed E-state index contributed by atoms with van der Waals surface area (Å²) in [5, 5.41) is 7.52. The van der Waals surface area contributed by atoms with Crippen molar-refractivity contribution in [3.63, 3.8) is 0 Å². The maximum Gasteiger partial charge on any atom is 0.125 e. The van der Waals surface area contributed by atoms with Crippen LogP contribution in [0.25, 0.3) is 0 Å². The van der Waals surface area contributed by atoms with Crippen molar-refractivity contribution in [2.45, 2.75) is 96.9 Å². The molecule has 7 aromatic rings. The molecule has 0 unspecified atom stereocenters. The summed E-state index contributed by atoms with van der Waals surface area (Å²) in [5.41, 5.74) is 14.2. The molecule has 294 valence electrons. The third-order valence-electron chi connectivity index (χ3n) is 6.74. The molecule has 0 N–H and O–H groups in total. The minimum Gasteiger partial charge on any atom is -0.264 e. The number of hydrogen-bond donors (Lipinski definition) is 0. The van der Waals surface area contributed by atoms with E-state index in [9.17, 15) is 0 Å².